The first-order valence-corrected chi connectivity index (χ1v) is 4.74. The highest BCUT2D eigenvalue weighted by molar-refractivity contribution is 7.20. The zero-order valence-electron chi connectivity index (χ0n) is 6.36. The van der Waals surface area contributed by atoms with Gasteiger partial charge in [-0.1, -0.05) is 29.8 Å². The van der Waals surface area contributed by atoms with E-state index in [0.717, 1.165) is 0 Å². The number of hydrogen-bond acceptors (Lipinski definition) is 2. The fraction of sp³-hybridized carbons (Fsp3) is 0.125. The van der Waals surface area contributed by atoms with Crippen molar-refractivity contribution in [3.8, 4) is 0 Å². The van der Waals surface area contributed by atoms with Gasteiger partial charge in [0.2, 0.25) is 0 Å². The SMILES string of the molecule is C=C(C)C(=O)c1cc(Cl)sc1Cl. The van der Waals surface area contributed by atoms with E-state index in [0.29, 0.717) is 19.8 Å². The van der Waals surface area contributed by atoms with Gasteiger partial charge in [0.05, 0.1) is 9.90 Å². The Morgan fingerprint density at radius 1 is 1.58 bits per heavy atom. The highest BCUT2D eigenvalue weighted by Gasteiger charge is 2.13. The summed E-state index contributed by atoms with van der Waals surface area (Å²) < 4.78 is 0.942. The van der Waals surface area contributed by atoms with E-state index in [-0.39, 0.29) is 5.78 Å². The topological polar surface area (TPSA) is 17.1 Å². The summed E-state index contributed by atoms with van der Waals surface area (Å²) in [5.74, 6) is -0.150. The molecule has 4 heteroatoms. The lowest BCUT2D eigenvalue weighted by Gasteiger charge is -1.94. The smallest absolute Gasteiger partial charge is 0.190 e. The van der Waals surface area contributed by atoms with Crippen molar-refractivity contribution in [2.75, 3.05) is 0 Å². The Kier molecular flexibility index (Phi) is 2.94. The molecule has 1 aromatic heterocycles. The van der Waals surface area contributed by atoms with Crippen molar-refractivity contribution in [1.29, 1.82) is 0 Å². The first kappa shape index (κ1) is 9.78. The summed E-state index contributed by atoms with van der Waals surface area (Å²) in [6.07, 6.45) is 0. The van der Waals surface area contributed by atoms with Gasteiger partial charge in [-0.25, -0.2) is 0 Å². The minimum absolute atomic E-state index is 0.150. The van der Waals surface area contributed by atoms with Crippen LogP contribution in [0.2, 0.25) is 8.67 Å². The summed E-state index contributed by atoms with van der Waals surface area (Å²) >= 11 is 12.6. The molecule has 0 aliphatic carbocycles. The minimum atomic E-state index is -0.150. The summed E-state index contributed by atoms with van der Waals surface area (Å²) in [5, 5.41) is 0. The molecule has 0 amide bonds. The average Bonchev–Trinajstić information content (AvgIpc) is 2.28. The maximum Gasteiger partial charge on any atom is 0.190 e. The van der Waals surface area contributed by atoms with Crippen LogP contribution in [0.4, 0.5) is 0 Å². The predicted octanol–water partition coefficient (Wildman–Crippen LogP) is 3.81. The minimum Gasteiger partial charge on any atom is -0.289 e. The van der Waals surface area contributed by atoms with Crippen LogP contribution in [0.1, 0.15) is 17.3 Å². The van der Waals surface area contributed by atoms with Crippen LogP contribution < -0.4 is 0 Å². The molecule has 0 saturated heterocycles. The van der Waals surface area contributed by atoms with E-state index in [9.17, 15) is 4.79 Å². The van der Waals surface area contributed by atoms with Gasteiger partial charge in [-0.15, -0.1) is 11.3 Å². The molecule has 0 fully saturated rings. The molecule has 1 rings (SSSR count). The highest BCUT2D eigenvalue weighted by atomic mass is 35.5. The van der Waals surface area contributed by atoms with Crippen LogP contribution in [0.25, 0.3) is 0 Å². The van der Waals surface area contributed by atoms with Gasteiger partial charge in [-0.2, -0.15) is 0 Å². The molecule has 0 aliphatic rings. The second kappa shape index (κ2) is 3.60. The van der Waals surface area contributed by atoms with Gasteiger partial charge in [0.25, 0.3) is 0 Å². The number of carbonyl (C=O) groups excluding carboxylic acids is 1. The molecule has 1 nitrogen and oxygen atoms in total. The van der Waals surface area contributed by atoms with E-state index in [2.05, 4.69) is 6.58 Å². The van der Waals surface area contributed by atoms with Crippen molar-refractivity contribution in [3.63, 3.8) is 0 Å². The first-order valence-electron chi connectivity index (χ1n) is 3.17. The number of hydrogen-bond donors (Lipinski definition) is 0. The Morgan fingerprint density at radius 3 is 2.50 bits per heavy atom. The van der Waals surface area contributed by atoms with Crippen molar-refractivity contribution in [2.45, 2.75) is 6.92 Å². The fourth-order valence-corrected chi connectivity index (χ4v) is 2.18. The van der Waals surface area contributed by atoms with E-state index in [1.54, 1.807) is 13.0 Å². The van der Waals surface area contributed by atoms with Gasteiger partial charge in [0.15, 0.2) is 5.78 Å². The molecule has 0 spiro atoms. The normalized spacial score (nSPS) is 9.92. The molecular formula is C8H6Cl2OS. The number of allylic oxidation sites excluding steroid dienone is 1. The van der Waals surface area contributed by atoms with Crippen LogP contribution >= 0.6 is 34.5 Å². The molecule has 12 heavy (non-hydrogen) atoms. The first-order chi connectivity index (χ1) is 5.52. The average molecular weight is 221 g/mol. The standard InChI is InChI=1S/C8H6Cl2OS/c1-4(2)7(11)5-3-6(9)12-8(5)10/h3H,1H2,2H3. The van der Waals surface area contributed by atoms with Gasteiger partial charge in [-0.3, -0.25) is 4.79 Å². The second-order valence-electron chi connectivity index (χ2n) is 2.35. The molecule has 0 radical (unpaired) electrons. The van der Waals surface area contributed by atoms with Crippen LogP contribution in [0.3, 0.4) is 0 Å². The van der Waals surface area contributed by atoms with Gasteiger partial charge in [0, 0.05) is 0 Å². The molecule has 0 aliphatic heterocycles. The summed E-state index contributed by atoms with van der Waals surface area (Å²) in [6.45, 7) is 5.18. The lowest BCUT2D eigenvalue weighted by atomic mass is 10.1. The summed E-state index contributed by atoms with van der Waals surface area (Å²) in [5.41, 5.74) is 0.908. The summed E-state index contributed by atoms with van der Waals surface area (Å²) in [7, 11) is 0. The van der Waals surface area contributed by atoms with Crippen molar-refractivity contribution in [3.05, 3.63) is 32.5 Å². The van der Waals surface area contributed by atoms with Crippen LogP contribution in [-0.4, -0.2) is 5.78 Å². The molecule has 64 valence electrons. The number of ketones is 1. The lowest BCUT2D eigenvalue weighted by Crippen LogP contribution is -1.97. The van der Waals surface area contributed by atoms with Crippen molar-refractivity contribution in [2.24, 2.45) is 0 Å². The molecule has 0 unspecified atom stereocenters. The van der Waals surface area contributed by atoms with Gasteiger partial charge >= 0.3 is 0 Å². The van der Waals surface area contributed by atoms with Crippen molar-refractivity contribution in [1.82, 2.24) is 0 Å². The number of Topliss-reactive ketones (excluding diaryl/α,β-unsaturated/α-hetero) is 1. The third kappa shape index (κ3) is 1.89. The van der Waals surface area contributed by atoms with Gasteiger partial charge < -0.3 is 0 Å². The third-order valence-corrected chi connectivity index (χ3v) is 2.78. The molecule has 1 aromatic rings. The van der Waals surface area contributed by atoms with Gasteiger partial charge in [-0.05, 0) is 18.6 Å². The zero-order chi connectivity index (χ0) is 9.30. The molecule has 0 N–H and O–H groups in total. The van der Waals surface area contributed by atoms with E-state index >= 15 is 0 Å². The number of rotatable bonds is 2. The molecule has 1 heterocycles. The number of thiophene rings is 1. The predicted molar refractivity (Wildman–Crippen MR) is 53.5 cm³/mol. The van der Waals surface area contributed by atoms with Crippen LogP contribution in [-0.2, 0) is 0 Å². The van der Waals surface area contributed by atoms with Crippen molar-refractivity contribution >= 4 is 40.3 Å². The Bertz CT molecular complexity index is 341. The zero-order valence-corrected chi connectivity index (χ0v) is 8.69. The Labute approximate surface area is 84.6 Å². The van der Waals surface area contributed by atoms with Crippen molar-refractivity contribution < 1.29 is 4.79 Å². The van der Waals surface area contributed by atoms with Crippen LogP contribution in [0, 0.1) is 0 Å². The maximum absolute atomic E-state index is 11.3. The third-order valence-electron chi connectivity index (χ3n) is 1.29. The monoisotopic (exact) mass is 220 g/mol. The molecular weight excluding hydrogens is 215 g/mol. The molecule has 0 saturated carbocycles. The molecule has 0 aromatic carbocycles. The van der Waals surface area contributed by atoms with E-state index in [1.165, 1.54) is 11.3 Å². The largest absolute Gasteiger partial charge is 0.289 e. The fourth-order valence-electron chi connectivity index (χ4n) is 0.725. The summed E-state index contributed by atoms with van der Waals surface area (Å²) in [6, 6.07) is 1.56. The maximum atomic E-state index is 11.3. The van der Waals surface area contributed by atoms with E-state index in [4.69, 9.17) is 23.2 Å². The van der Waals surface area contributed by atoms with E-state index < -0.39 is 0 Å². The second-order valence-corrected chi connectivity index (χ2v) is 4.63. The number of halogens is 2. The Balaban J connectivity index is 3.11. The van der Waals surface area contributed by atoms with Crippen LogP contribution in [0.5, 0.6) is 0 Å². The van der Waals surface area contributed by atoms with Gasteiger partial charge in [0.1, 0.15) is 4.34 Å². The lowest BCUT2D eigenvalue weighted by molar-refractivity contribution is 0.103. The Morgan fingerprint density at radius 2 is 2.17 bits per heavy atom. The van der Waals surface area contributed by atoms with E-state index in [1.807, 2.05) is 0 Å². The molecule has 0 bridgehead atoms. The summed E-state index contributed by atoms with van der Waals surface area (Å²) in [4.78, 5) is 11.3. The quantitative estimate of drug-likeness (QED) is 0.548. The number of carbonyl (C=O) groups is 1. The molecule has 0 atom stereocenters. The Hall–Kier alpha value is -0.310. The highest BCUT2D eigenvalue weighted by Crippen LogP contribution is 2.32. The van der Waals surface area contributed by atoms with Crippen LogP contribution in [0.15, 0.2) is 18.2 Å².